The van der Waals surface area contributed by atoms with E-state index >= 15 is 0 Å². The van der Waals surface area contributed by atoms with Crippen LogP contribution >= 0.6 is 11.6 Å². The van der Waals surface area contributed by atoms with Crippen molar-refractivity contribution in [1.29, 1.82) is 0 Å². The van der Waals surface area contributed by atoms with Crippen molar-refractivity contribution in [3.05, 3.63) is 75.7 Å². The lowest BCUT2D eigenvalue weighted by molar-refractivity contribution is -0.157. The highest BCUT2D eigenvalue weighted by atomic mass is 35.5. The number of ether oxygens (including phenoxy) is 1. The van der Waals surface area contributed by atoms with Crippen molar-refractivity contribution in [2.45, 2.75) is 24.3 Å². The number of carbonyl (C=O) groups excluding carboxylic acids is 1. The average Bonchev–Trinajstić information content (AvgIpc) is 2.89. The molecule has 0 atom stereocenters. The Labute approximate surface area is 215 Å². The van der Waals surface area contributed by atoms with Gasteiger partial charge in [-0.15, -0.1) is 0 Å². The molecular weight excluding hydrogens is 476 g/mol. The van der Waals surface area contributed by atoms with Crippen LogP contribution in [-0.2, 0) is 14.9 Å². The molecule has 6 rings (SSSR count). The van der Waals surface area contributed by atoms with E-state index in [1.165, 1.54) is 0 Å². The molecule has 0 saturated carbocycles. The molecule has 1 N–H and O–H groups in total. The molecule has 0 spiro atoms. The third-order valence-electron chi connectivity index (χ3n) is 8.19. The standard InChI is InChI=1S/C28H31ClN4O3/c29-24-17-23(16-20-6-9-30-26(34)25(20)24)32-14-12-31(13-15-32)22-7-10-33(11-8-22)27(35)28(18-36-19-28)21-4-2-1-3-5-21/h1-6,9,16-17,22H,7-8,10-15,18-19H2,(H,30,34). The second kappa shape index (κ2) is 9.54. The summed E-state index contributed by atoms with van der Waals surface area (Å²) in [4.78, 5) is 35.3. The van der Waals surface area contributed by atoms with Crippen molar-refractivity contribution in [2.24, 2.45) is 0 Å². The molecular formula is C28H31ClN4O3. The van der Waals surface area contributed by atoms with Crippen LogP contribution in [0.25, 0.3) is 10.8 Å². The van der Waals surface area contributed by atoms with Crippen LogP contribution in [0.4, 0.5) is 5.69 Å². The number of benzene rings is 2. The lowest BCUT2D eigenvalue weighted by Crippen LogP contribution is -2.61. The quantitative estimate of drug-likeness (QED) is 0.588. The van der Waals surface area contributed by atoms with Gasteiger partial charge in [-0.3, -0.25) is 14.5 Å². The highest BCUT2D eigenvalue weighted by Crippen LogP contribution is 2.36. The molecule has 7 nitrogen and oxygen atoms in total. The number of halogens is 1. The fourth-order valence-electron chi connectivity index (χ4n) is 6.00. The normalized spacial score (nSPS) is 20.9. The monoisotopic (exact) mass is 506 g/mol. The molecule has 1 aromatic heterocycles. The number of carbonyl (C=O) groups is 1. The van der Waals surface area contributed by atoms with Crippen LogP contribution in [0.3, 0.4) is 0 Å². The average molecular weight is 507 g/mol. The lowest BCUT2D eigenvalue weighted by Gasteiger charge is -2.47. The number of amides is 1. The van der Waals surface area contributed by atoms with Gasteiger partial charge in [0, 0.05) is 57.2 Å². The number of aromatic nitrogens is 1. The van der Waals surface area contributed by atoms with Crippen LogP contribution < -0.4 is 10.5 Å². The van der Waals surface area contributed by atoms with Gasteiger partial charge in [0.15, 0.2) is 0 Å². The first kappa shape index (κ1) is 23.5. The molecule has 188 valence electrons. The number of rotatable bonds is 4. The smallest absolute Gasteiger partial charge is 0.257 e. The number of H-pyrrole nitrogens is 1. The molecule has 2 aromatic carbocycles. The van der Waals surface area contributed by atoms with E-state index in [1.807, 2.05) is 42.5 Å². The fourth-order valence-corrected chi connectivity index (χ4v) is 6.31. The third kappa shape index (κ3) is 4.09. The number of nitrogens with zero attached hydrogens (tertiary/aromatic N) is 3. The molecule has 3 saturated heterocycles. The molecule has 4 heterocycles. The number of aromatic amines is 1. The molecule has 3 aliphatic rings. The molecule has 3 fully saturated rings. The zero-order valence-corrected chi connectivity index (χ0v) is 21.0. The van der Waals surface area contributed by atoms with Gasteiger partial charge in [0.05, 0.1) is 23.6 Å². The number of pyridine rings is 1. The predicted octanol–water partition coefficient (Wildman–Crippen LogP) is 3.26. The van der Waals surface area contributed by atoms with Crippen LogP contribution in [0.2, 0.25) is 5.02 Å². The second-order valence-corrected chi connectivity index (χ2v) is 10.6. The molecule has 8 heteroatoms. The van der Waals surface area contributed by atoms with E-state index in [1.54, 1.807) is 6.20 Å². The topological polar surface area (TPSA) is 68.9 Å². The van der Waals surface area contributed by atoms with Gasteiger partial charge in [-0.1, -0.05) is 41.9 Å². The summed E-state index contributed by atoms with van der Waals surface area (Å²) in [7, 11) is 0. The summed E-state index contributed by atoms with van der Waals surface area (Å²) in [5.74, 6) is 0.218. The Morgan fingerprint density at radius 3 is 2.36 bits per heavy atom. The Kier molecular flexibility index (Phi) is 6.23. The molecule has 3 aliphatic heterocycles. The maximum Gasteiger partial charge on any atom is 0.257 e. The molecule has 0 unspecified atom stereocenters. The fraction of sp³-hybridized carbons (Fsp3) is 0.429. The molecule has 36 heavy (non-hydrogen) atoms. The minimum atomic E-state index is -0.508. The number of piperidine rings is 1. The summed E-state index contributed by atoms with van der Waals surface area (Å²) < 4.78 is 5.52. The van der Waals surface area contributed by atoms with Crippen LogP contribution in [0.15, 0.2) is 59.5 Å². The maximum atomic E-state index is 13.5. The number of fused-ring (bicyclic) bond motifs is 1. The van der Waals surface area contributed by atoms with E-state index in [2.05, 4.69) is 25.8 Å². The van der Waals surface area contributed by atoms with Gasteiger partial charge in [0.25, 0.3) is 5.56 Å². The Morgan fingerprint density at radius 2 is 1.69 bits per heavy atom. The molecule has 0 aliphatic carbocycles. The largest absolute Gasteiger partial charge is 0.378 e. The number of anilines is 1. The summed E-state index contributed by atoms with van der Waals surface area (Å²) in [5, 5.41) is 1.91. The van der Waals surface area contributed by atoms with Crippen molar-refractivity contribution < 1.29 is 9.53 Å². The zero-order chi connectivity index (χ0) is 24.7. The minimum absolute atomic E-state index is 0.154. The van der Waals surface area contributed by atoms with Gasteiger partial charge in [-0.05, 0) is 42.0 Å². The van der Waals surface area contributed by atoms with E-state index in [0.29, 0.717) is 29.7 Å². The SMILES string of the molecule is O=C(N1CCC(N2CCN(c3cc(Cl)c4c(=O)[nH]ccc4c3)CC2)CC1)C1(c2ccccc2)COC1. The number of likely N-dealkylation sites (tertiary alicyclic amines) is 1. The van der Waals surface area contributed by atoms with E-state index < -0.39 is 5.41 Å². The van der Waals surface area contributed by atoms with E-state index in [-0.39, 0.29) is 11.5 Å². The highest BCUT2D eigenvalue weighted by molar-refractivity contribution is 6.35. The molecule has 3 aromatic rings. The van der Waals surface area contributed by atoms with Crippen LogP contribution in [0.5, 0.6) is 0 Å². The summed E-state index contributed by atoms with van der Waals surface area (Å²) in [6.45, 7) is 6.34. The Bertz CT molecular complexity index is 1310. The Morgan fingerprint density at radius 1 is 0.972 bits per heavy atom. The van der Waals surface area contributed by atoms with E-state index in [9.17, 15) is 9.59 Å². The molecule has 1 amide bonds. The summed E-state index contributed by atoms with van der Waals surface area (Å²) in [5.41, 5.74) is 1.47. The minimum Gasteiger partial charge on any atom is -0.378 e. The lowest BCUT2D eigenvalue weighted by atomic mass is 9.77. The number of piperazine rings is 1. The van der Waals surface area contributed by atoms with Crippen LogP contribution in [0, 0.1) is 0 Å². The third-order valence-corrected chi connectivity index (χ3v) is 8.49. The van der Waals surface area contributed by atoms with Gasteiger partial charge < -0.3 is 19.5 Å². The molecule has 0 bridgehead atoms. The first-order chi connectivity index (χ1) is 17.5. The van der Waals surface area contributed by atoms with Gasteiger partial charge in [0.1, 0.15) is 5.41 Å². The van der Waals surface area contributed by atoms with Gasteiger partial charge in [-0.2, -0.15) is 0 Å². The summed E-state index contributed by atoms with van der Waals surface area (Å²) in [6.07, 6.45) is 3.67. The first-order valence-electron chi connectivity index (χ1n) is 12.8. The number of hydrogen-bond donors (Lipinski definition) is 1. The van der Waals surface area contributed by atoms with Gasteiger partial charge in [0.2, 0.25) is 5.91 Å². The second-order valence-electron chi connectivity index (χ2n) is 10.2. The van der Waals surface area contributed by atoms with Crippen molar-refractivity contribution in [3.63, 3.8) is 0 Å². The zero-order valence-electron chi connectivity index (χ0n) is 20.3. The first-order valence-corrected chi connectivity index (χ1v) is 13.2. The van der Waals surface area contributed by atoms with Gasteiger partial charge in [-0.25, -0.2) is 0 Å². The van der Waals surface area contributed by atoms with Crippen molar-refractivity contribution in [3.8, 4) is 0 Å². The van der Waals surface area contributed by atoms with E-state index in [4.69, 9.17) is 16.3 Å². The van der Waals surface area contributed by atoms with Crippen LogP contribution in [0.1, 0.15) is 18.4 Å². The highest BCUT2D eigenvalue weighted by Gasteiger charge is 2.49. The van der Waals surface area contributed by atoms with Crippen molar-refractivity contribution >= 4 is 34.0 Å². The van der Waals surface area contributed by atoms with Crippen LogP contribution in [-0.4, -0.2) is 79.2 Å². The van der Waals surface area contributed by atoms with Crippen molar-refractivity contribution in [2.75, 3.05) is 57.4 Å². The number of hydrogen-bond acceptors (Lipinski definition) is 5. The maximum absolute atomic E-state index is 13.5. The molecule has 0 radical (unpaired) electrons. The van der Waals surface area contributed by atoms with Crippen molar-refractivity contribution in [1.82, 2.24) is 14.8 Å². The predicted molar refractivity (Wildman–Crippen MR) is 142 cm³/mol. The summed E-state index contributed by atoms with van der Waals surface area (Å²) >= 11 is 6.46. The number of nitrogens with one attached hydrogen (secondary N) is 1. The summed E-state index contributed by atoms with van der Waals surface area (Å²) in [6, 6.07) is 16.5. The van der Waals surface area contributed by atoms with E-state index in [0.717, 1.165) is 68.7 Å². The van der Waals surface area contributed by atoms with Gasteiger partial charge >= 0.3 is 0 Å². The Balaban J connectivity index is 1.06. The Hall–Kier alpha value is -2.87.